The van der Waals surface area contributed by atoms with E-state index in [1.54, 1.807) is 19.2 Å². The van der Waals surface area contributed by atoms with E-state index in [0.29, 0.717) is 18.5 Å². The molecular weight excluding hydrogens is 397 g/mol. The zero-order chi connectivity index (χ0) is 22.0. The molecular formula is C21H33F3N4O2. The Bertz CT molecular complexity index is 683. The first-order valence-electron chi connectivity index (χ1n) is 10.4. The molecule has 1 aliphatic heterocycles. The lowest BCUT2D eigenvalue weighted by Gasteiger charge is -2.33. The SMILES string of the molecule is CN=C(NCCCN1CCCCC1C)NCc1ccc(OCC(F)(F)F)c(OC)c1. The molecule has 1 heterocycles. The van der Waals surface area contributed by atoms with Gasteiger partial charge in [-0.25, -0.2) is 0 Å². The van der Waals surface area contributed by atoms with E-state index in [-0.39, 0.29) is 11.5 Å². The summed E-state index contributed by atoms with van der Waals surface area (Å²) in [6.45, 7) is 4.46. The first-order chi connectivity index (χ1) is 14.3. The van der Waals surface area contributed by atoms with Crippen molar-refractivity contribution in [2.24, 2.45) is 4.99 Å². The van der Waals surface area contributed by atoms with E-state index in [0.717, 1.165) is 25.1 Å². The van der Waals surface area contributed by atoms with Crippen LogP contribution in [-0.2, 0) is 6.54 Å². The molecule has 0 aromatic heterocycles. The number of nitrogens with one attached hydrogen (secondary N) is 2. The van der Waals surface area contributed by atoms with Crippen molar-refractivity contribution in [3.8, 4) is 11.5 Å². The van der Waals surface area contributed by atoms with Crippen molar-refractivity contribution in [1.82, 2.24) is 15.5 Å². The highest BCUT2D eigenvalue weighted by Gasteiger charge is 2.29. The molecule has 1 aromatic carbocycles. The van der Waals surface area contributed by atoms with Crippen LogP contribution in [0.2, 0.25) is 0 Å². The van der Waals surface area contributed by atoms with Gasteiger partial charge in [-0.1, -0.05) is 12.5 Å². The molecule has 0 aliphatic carbocycles. The summed E-state index contributed by atoms with van der Waals surface area (Å²) in [7, 11) is 3.10. The van der Waals surface area contributed by atoms with Crippen LogP contribution in [0.4, 0.5) is 13.2 Å². The minimum absolute atomic E-state index is 0.0630. The summed E-state index contributed by atoms with van der Waals surface area (Å²) in [5.74, 6) is 1.00. The van der Waals surface area contributed by atoms with Gasteiger partial charge in [0.05, 0.1) is 7.11 Å². The van der Waals surface area contributed by atoms with Gasteiger partial charge in [-0.2, -0.15) is 13.2 Å². The summed E-state index contributed by atoms with van der Waals surface area (Å²) in [6, 6.07) is 5.50. The molecule has 1 aliphatic rings. The van der Waals surface area contributed by atoms with Crippen molar-refractivity contribution in [1.29, 1.82) is 0 Å². The molecule has 1 atom stereocenters. The van der Waals surface area contributed by atoms with Crippen LogP contribution in [-0.4, -0.2) is 63.5 Å². The maximum absolute atomic E-state index is 12.4. The fourth-order valence-corrected chi connectivity index (χ4v) is 3.49. The average molecular weight is 431 g/mol. The van der Waals surface area contributed by atoms with Crippen LogP contribution in [0.5, 0.6) is 11.5 Å². The Kier molecular flexibility index (Phi) is 9.55. The van der Waals surface area contributed by atoms with Crippen molar-refractivity contribution in [2.45, 2.75) is 51.4 Å². The molecule has 0 bridgehead atoms. The highest BCUT2D eigenvalue weighted by atomic mass is 19.4. The second kappa shape index (κ2) is 11.9. The van der Waals surface area contributed by atoms with Gasteiger partial charge in [-0.15, -0.1) is 0 Å². The molecule has 9 heteroatoms. The van der Waals surface area contributed by atoms with Crippen LogP contribution in [0.25, 0.3) is 0 Å². The number of methoxy groups -OCH3 is 1. The summed E-state index contributed by atoms with van der Waals surface area (Å²) in [5, 5.41) is 6.51. The van der Waals surface area contributed by atoms with Crippen molar-refractivity contribution < 1.29 is 22.6 Å². The Morgan fingerprint density at radius 1 is 1.23 bits per heavy atom. The topological polar surface area (TPSA) is 58.1 Å². The molecule has 1 fully saturated rings. The Hall–Kier alpha value is -2.16. The van der Waals surface area contributed by atoms with E-state index in [9.17, 15) is 13.2 Å². The number of hydrogen-bond acceptors (Lipinski definition) is 4. The maximum Gasteiger partial charge on any atom is 0.422 e. The smallest absolute Gasteiger partial charge is 0.422 e. The lowest BCUT2D eigenvalue weighted by atomic mass is 10.0. The molecule has 2 rings (SSSR count). The van der Waals surface area contributed by atoms with Crippen molar-refractivity contribution in [3.63, 3.8) is 0 Å². The molecule has 6 nitrogen and oxygen atoms in total. The summed E-state index contributed by atoms with van der Waals surface area (Å²) in [4.78, 5) is 6.76. The monoisotopic (exact) mass is 430 g/mol. The fourth-order valence-electron chi connectivity index (χ4n) is 3.49. The lowest BCUT2D eigenvalue weighted by Crippen LogP contribution is -2.41. The van der Waals surface area contributed by atoms with Gasteiger partial charge in [-0.05, 0) is 50.4 Å². The van der Waals surface area contributed by atoms with Crippen LogP contribution in [0.3, 0.4) is 0 Å². The van der Waals surface area contributed by atoms with Crippen LogP contribution in [0, 0.1) is 0 Å². The fraction of sp³-hybridized carbons (Fsp3) is 0.667. The van der Waals surface area contributed by atoms with Gasteiger partial charge in [0.1, 0.15) is 0 Å². The highest BCUT2D eigenvalue weighted by molar-refractivity contribution is 5.79. The van der Waals surface area contributed by atoms with Gasteiger partial charge in [0.25, 0.3) is 0 Å². The van der Waals surface area contributed by atoms with Gasteiger partial charge >= 0.3 is 6.18 Å². The first kappa shape index (κ1) is 24.1. The third kappa shape index (κ3) is 8.30. The van der Waals surface area contributed by atoms with Crippen molar-refractivity contribution >= 4 is 5.96 Å². The van der Waals surface area contributed by atoms with E-state index in [1.807, 2.05) is 0 Å². The number of nitrogens with zero attached hydrogens (tertiary/aromatic N) is 2. The molecule has 0 radical (unpaired) electrons. The number of rotatable bonds is 9. The summed E-state index contributed by atoms with van der Waals surface area (Å²) in [5.41, 5.74) is 0.844. The summed E-state index contributed by atoms with van der Waals surface area (Å²) >= 11 is 0. The number of hydrogen-bond donors (Lipinski definition) is 2. The Morgan fingerprint density at radius 3 is 2.70 bits per heavy atom. The number of guanidine groups is 1. The Morgan fingerprint density at radius 2 is 2.03 bits per heavy atom. The lowest BCUT2D eigenvalue weighted by molar-refractivity contribution is -0.153. The van der Waals surface area contributed by atoms with E-state index in [4.69, 9.17) is 9.47 Å². The molecule has 1 unspecified atom stereocenters. The molecule has 1 saturated heterocycles. The second-order valence-electron chi connectivity index (χ2n) is 7.48. The number of alkyl halides is 3. The second-order valence-corrected chi connectivity index (χ2v) is 7.48. The average Bonchev–Trinajstić information content (AvgIpc) is 2.72. The summed E-state index contributed by atoms with van der Waals surface area (Å²) in [6.07, 6.45) is 0.525. The normalized spacial score (nSPS) is 18.2. The van der Waals surface area contributed by atoms with Gasteiger partial charge < -0.3 is 25.0 Å². The molecule has 0 saturated carbocycles. The molecule has 30 heavy (non-hydrogen) atoms. The zero-order valence-electron chi connectivity index (χ0n) is 18.0. The maximum atomic E-state index is 12.4. The number of ether oxygens (including phenoxy) is 2. The molecule has 170 valence electrons. The van der Waals surface area contributed by atoms with Crippen molar-refractivity contribution in [3.05, 3.63) is 23.8 Å². The molecule has 2 N–H and O–H groups in total. The van der Waals surface area contributed by atoms with Crippen molar-refractivity contribution in [2.75, 3.05) is 40.4 Å². The van der Waals surface area contributed by atoms with E-state index < -0.39 is 12.8 Å². The Balaban J connectivity index is 1.77. The molecule has 0 spiro atoms. The minimum Gasteiger partial charge on any atom is -0.493 e. The largest absolute Gasteiger partial charge is 0.493 e. The highest BCUT2D eigenvalue weighted by Crippen LogP contribution is 2.29. The third-order valence-corrected chi connectivity index (χ3v) is 5.16. The Labute approximate surface area is 176 Å². The van der Waals surface area contributed by atoms with Gasteiger partial charge in [0, 0.05) is 32.7 Å². The van der Waals surface area contributed by atoms with Gasteiger partial charge in [0.2, 0.25) is 0 Å². The number of piperidine rings is 1. The van der Waals surface area contributed by atoms with Crippen LogP contribution in [0.1, 0.15) is 38.2 Å². The number of likely N-dealkylation sites (tertiary alicyclic amines) is 1. The van der Waals surface area contributed by atoms with Crippen LogP contribution >= 0.6 is 0 Å². The van der Waals surface area contributed by atoms with E-state index in [2.05, 4.69) is 27.4 Å². The molecule has 1 aromatic rings. The number of aliphatic imine (C=N–C) groups is 1. The number of halogens is 3. The molecule has 0 amide bonds. The van der Waals surface area contributed by atoms with Crippen LogP contribution in [0.15, 0.2) is 23.2 Å². The van der Waals surface area contributed by atoms with E-state index >= 15 is 0 Å². The first-order valence-corrected chi connectivity index (χ1v) is 10.4. The standard InChI is InChI=1S/C21H33F3N4O2/c1-16-7-4-5-11-28(16)12-6-10-26-20(25-2)27-14-17-8-9-18(19(13-17)29-3)30-15-21(22,23)24/h8-9,13,16H,4-7,10-12,14-15H2,1-3H3,(H2,25,26,27). The van der Waals surface area contributed by atoms with Gasteiger partial charge in [0.15, 0.2) is 24.1 Å². The number of benzene rings is 1. The predicted octanol–water partition coefficient (Wildman–Crippen LogP) is 3.57. The van der Waals surface area contributed by atoms with Crippen LogP contribution < -0.4 is 20.1 Å². The van der Waals surface area contributed by atoms with Gasteiger partial charge in [-0.3, -0.25) is 4.99 Å². The zero-order valence-corrected chi connectivity index (χ0v) is 18.0. The predicted molar refractivity (Wildman–Crippen MR) is 112 cm³/mol. The van der Waals surface area contributed by atoms with E-state index in [1.165, 1.54) is 39.0 Å². The minimum atomic E-state index is -4.39. The third-order valence-electron chi connectivity index (χ3n) is 5.16. The summed E-state index contributed by atoms with van der Waals surface area (Å²) < 4.78 is 47.0. The quantitative estimate of drug-likeness (QED) is 0.356.